The highest BCUT2D eigenvalue weighted by Crippen LogP contribution is 2.38. The first-order chi connectivity index (χ1) is 16.7. The highest BCUT2D eigenvalue weighted by Gasteiger charge is 2.28. The summed E-state index contributed by atoms with van der Waals surface area (Å²) in [4.78, 5) is 6.16. The van der Waals surface area contributed by atoms with Crippen LogP contribution in [0.2, 0.25) is 10.0 Å². The fourth-order valence-electron chi connectivity index (χ4n) is 3.92. The van der Waals surface area contributed by atoms with Gasteiger partial charge >= 0.3 is 0 Å². The number of rotatable bonds is 12. The molecule has 0 saturated heterocycles. The first kappa shape index (κ1) is 27.7. The number of ether oxygens (including phenoxy) is 2. The van der Waals surface area contributed by atoms with E-state index >= 15 is 0 Å². The van der Waals surface area contributed by atoms with Crippen LogP contribution >= 0.6 is 23.2 Å². The summed E-state index contributed by atoms with van der Waals surface area (Å²) < 4.78 is 39.1. The monoisotopic (exact) mass is 543 g/mol. The highest BCUT2D eigenvalue weighted by molar-refractivity contribution is 7.89. The van der Waals surface area contributed by atoms with E-state index in [-0.39, 0.29) is 29.9 Å². The van der Waals surface area contributed by atoms with Gasteiger partial charge < -0.3 is 25.8 Å². The molecule has 1 heterocycles. The zero-order valence-electron chi connectivity index (χ0n) is 19.5. The summed E-state index contributed by atoms with van der Waals surface area (Å²) in [5.74, 6) is -0.0298. The lowest BCUT2D eigenvalue weighted by Crippen LogP contribution is -2.31. The Morgan fingerprint density at radius 1 is 1.14 bits per heavy atom. The maximum absolute atomic E-state index is 12.9. The van der Waals surface area contributed by atoms with Gasteiger partial charge in [-0.2, -0.15) is 0 Å². The second-order valence-corrected chi connectivity index (χ2v) is 10.8. The molecule has 0 bridgehead atoms. The van der Waals surface area contributed by atoms with E-state index in [0.717, 1.165) is 23.2 Å². The van der Waals surface area contributed by atoms with Crippen LogP contribution in [0.5, 0.6) is 0 Å². The third-order valence-corrected chi connectivity index (χ3v) is 7.52. The molecule has 192 valence electrons. The van der Waals surface area contributed by atoms with E-state index in [1.54, 1.807) is 24.3 Å². The Kier molecular flexibility index (Phi) is 10.2. The predicted molar refractivity (Wildman–Crippen MR) is 139 cm³/mol. The van der Waals surface area contributed by atoms with Gasteiger partial charge in [0.15, 0.2) is 5.96 Å². The number of hydrogen-bond donors (Lipinski definition) is 3. The van der Waals surface area contributed by atoms with Gasteiger partial charge in [0.25, 0.3) is 0 Å². The summed E-state index contributed by atoms with van der Waals surface area (Å²) in [7, 11) is -1.70. The SMILES string of the molecule is CN1Cc2c(Cl)cc(Cl)cc2[C@H](c2cccc(S(=O)(=O)NCCOCCOCCN=C(N)N)c2)C1. The van der Waals surface area contributed by atoms with E-state index in [2.05, 4.69) is 14.6 Å². The van der Waals surface area contributed by atoms with Crippen LogP contribution < -0.4 is 16.2 Å². The van der Waals surface area contributed by atoms with Crippen LogP contribution in [0.1, 0.15) is 22.6 Å². The van der Waals surface area contributed by atoms with Crippen molar-refractivity contribution in [3.05, 3.63) is 63.1 Å². The van der Waals surface area contributed by atoms with E-state index < -0.39 is 10.0 Å². The molecule has 0 aromatic heterocycles. The number of benzene rings is 2. The number of guanidine groups is 1. The summed E-state index contributed by atoms with van der Waals surface area (Å²) in [6.07, 6.45) is 0. The molecule has 0 unspecified atom stereocenters. The maximum Gasteiger partial charge on any atom is 0.240 e. The van der Waals surface area contributed by atoms with Crippen LogP contribution in [-0.2, 0) is 26.0 Å². The first-order valence-electron chi connectivity index (χ1n) is 11.1. The average molecular weight is 545 g/mol. The van der Waals surface area contributed by atoms with E-state index in [1.165, 1.54) is 0 Å². The second kappa shape index (κ2) is 12.9. The standard InChI is InChI=1S/C23H31Cl2N5O4S/c1-30-14-20(19-12-17(24)13-22(25)21(19)15-30)16-3-2-4-18(11-16)35(31,32)29-6-8-34-10-9-33-7-5-28-23(26)27/h2-4,11-13,20,29H,5-10,14-15H2,1H3,(H4,26,27,28)/t20-/m0/s1. The number of nitrogens with zero attached hydrogens (tertiary/aromatic N) is 2. The average Bonchev–Trinajstić information content (AvgIpc) is 2.80. The van der Waals surface area contributed by atoms with Crippen molar-refractivity contribution in [1.29, 1.82) is 0 Å². The molecule has 35 heavy (non-hydrogen) atoms. The molecule has 0 saturated carbocycles. The van der Waals surface area contributed by atoms with Crippen LogP contribution in [0.15, 0.2) is 46.3 Å². The van der Waals surface area contributed by atoms with E-state index in [4.69, 9.17) is 44.1 Å². The van der Waals surface area contributed by atoms with E-state index in [0.29, 0.717) is 43.0 Å². The van der Waals surface area contributed by atoms with Gasteiger partial charge in [0, 0.05) is 35.6 Å². The molecular formula is C23H31Cl2N5O4S. The zero-order valence-corrected chi connectivity index (χ0v) is 21.9. The molecule has 12 heteroatoms. The quantitative estimate of drug-likeness (QED) is 0.212. The van der Waals surface area contributed by atoms with Crippen LogP contribution in [0.4, 0.5) is 0 Å². The van der Waals surface area contributed by atoms with Crippen LogP contribution in [-0.4, -0.2) is 72.4 Å². The smallest absolute Gasteiger partial charge is 0.240 e. The van der Waals surface area contributed by atoms with E-state index in [1.807, 2.05) is 19.2 Å². The minimum absolute atomic E-state index is 0.0207. The fraction of sp³-hybridized carbons (Fsp3) is 0.435. The van der Waals surface area contributed by atoms with Crippen molar-refractivity contribution in [2.24, 2.45) is 16.5 Å². The van der Waals surface area contributed by atoms with Gasteiger partial charge in [0.05, 0.1) is 37.9 Å². The molecule has 3 rings (SSSR count). The number of nitrogens with two attached hydrogens (primary N) is 2. The first-order valence-corrected chi connectivity index (χ1v) is 13.4. The van der Waals surface area contributed by atoms with Crippen molar-refractivity contribution in [1.82, 2.24) is 9.62 Å². The Labute approximate surface area is 216 Å². The zero-order chi connectivity index (χ0) is 25.4. The molecule has 1 atom stereocenters. The number of halogens is 2. The van der Waals surface area contributed by atoms with Crippen molar-refractivity contribution in [3.63, 3.8) is 0 Å². The summed E-state index contributed by atoms with van der Waals surface area (Å²) in [5, 5.41) is 1.18. The van der Waals surface area contributed by atoms with Gasteiger partial charge in [-0.15, -0.1) is 0 Å². The predicted octanol–water partition coefficient (Wildman–Crippen LogP) is 2.16. The number of likely N-dealkylation sites (N-methyl/N-ethyl adjacent to an activating group) is 1. The maximum atomic E-state index is 12.9. The molecule has 0 aliphatic carbocycles. The number of sulfonamides is 1. The van der Waals surface area contributed by atoms with Crippen LogP contribution in [0.3, 0.4) is 0 Å². The lowest BCUT2D eigenvalue weighted by molar-refractivity contribution is 0.0531. The lowest BCUT2D eigenvalue weighted by atomic mass is 9.85. The Balaban J connectivity index is 1.57. The van der Waals surface area contributed by atoms with Crippen molar-refractivity contribution in [2.75, 3.05) is 53.1 Å². The van der Waals surface area contributed by atoms with Crippen LogP contribution in [0.25, 0.3) is 0 Å². The molecule has 1 aliphatic rings. The Hall–Kier alpha value is -1.92. The lowest BCUT2D eigenvalue weighted by Gasteiger charge is -2.33. The van der Waals surface area contributed by atoms with Crippen molar-refractivity contribution in [3.8, 4) is 0 Å². The molecule has 9 nitrogen and oxygen atoms in total. The van der Waals surface area contributed by atoms with E-state index in [9.17, 15) is 8.42 Å². The molecule has 5 N–H and O–H groups in total. The van der Waals surface area contributed by atoms with Crippen molar-refractivity contribution >= 4 is 39.2 Å². The summed E-state index contributed by atoms with van der Waals surface area (Å²) in [5.41, 5.74) is 13.4. The minimum atomic E-state index is -3.71. The van der Waals surface area contributed by atoms with Gasteiger partial charge in [0.2, 0.25) is 10.0 Å². The van der Waals surface area contributed by atoms with Gasteiger partial charge in [-0.25, -0.2) is 13.1 Å². The van der Waals surface area contributed by atoms with Gasteiger partial charge in [0.1, 0.15) is 0 Å². The number of hydrogen-bond acceptors (Lipinski definition) is 6. The van der Waals surface area contributed by atoms with Crippen LogP contribution in [0, 0.1) is 0 Å². The molecular weight excluding hydrogens is 513 g/mol. The fourth-order valence-corrected chi connectivity index (χ4v) is 5.56. The number of fused-ring (bicyclic) bond motifs is 1. The summed E-state index contributed by atoms with van der Waals surface area (Å²) in [6.45, 7) is 3.24. The molecule has 1 aliphatic heterocycles. The third kappa shape index (κ3) is 8.04. The Morgan fingerprint density at radius 3 is 2.63 bits per heavy atom. The normalized spacial score (nSPS) is 16.1. The Morgan fingerprint density at radius 2 is 1.89 bits per heavy atom. The number of aliphatic imine (C=N–C) groups is 1. The van der Waals surface area contributed by atoms with Crippen molar-refractivity contribution < 1.29 is 17.9 Å². The second-order valence-electron chi connectivity index (χ2n) is 8.21. The van der Waals surface area contributed by atoms with Gasteiger partial charge in [-0.05, 0) is 48.0 Å². The third-order valence-electron chi connectivity index (χ3n) is 5.50. The molecule has 0 amide bonds. The summed E-state index contributed by atoms with van der Waals surface area (Å²) >= 11 is 12.7. The summed E-state index contributed by atoms with van der Waals surface area (Å²) in [6, 6.07) is 10.6. The molecule has 0 fully saturated rings. The molecule has 0 spiro atoms. The minimum Gasteiger partial charge on any atom is -0.378 e. The Bertz CT molecular complexity index is 1140. The number of nitrogens with one attached hydrogen (secondary N) is 1. The van der Waals surface area contributed by atoms with Crippen molar-refractivity contribution in [2.45, 2.75) is 17.4 Å². The van der Waals surface area contributed by atoms with Gasteiger partial charge in [-0.3, -0.25) is 4.99 Å². The molecule has 2 aromatic carbocycles. The topological polar surface area (TPSA) is 132 Å². The van der Waals surface area contributed by atoms with Gasteiger partial charge in [-0.1, -0.05) is 35.3 Å². The molecule has 0 radical (unpaired) electrons. The largest absolute Gasteiger partial charge is 0.378 e. The molecule has 2 aromatic rings. The highest BCUT2D eigenvalue weighted by atomic mass is 35.5.